The second kappa shape index (κ2) is 7.89. The summed E-state index contributed by atoms with van der Waals surface area (Å²) in [5, 5.41) is 11.6. The third-order valence-electron chi connectivity index (χ3n) is 9.37. The molecule has 0 aromatic heterocycles. The number of aliphatic hydroxyl groups is 1. The number of fused-ring (bicyclic) bond motifs is 5. The smallest absolute Gasteiger partial charge is 0.306 e. The van der Waals surface area contributed by atoms with Gasteiger partial charge < -0.3 is 9.84 Å². The van der Waals surface area contributed by atoms with Crippen molar-refractivity contribution in [1.82, 2.24) is 0 Å². The quantitative estimate of drug-likeness (QED) is 0.448. The van der Waals surface area contributed by atoms with Crippen LogP contribution in [0.4, 0.5) is 4.39 Å². The van der Waals surface area contributed by atoms with Gasteiger partial charge in [-0.1, -0.05) is 33.8 Å². The van der Waals surface area contributed by atoms with E-state index in [0.717, 1.165) is 0 Å². The molecule has 0 heterocycles. The number of carbonyl (C=O) groups is 3. The number of esters is 1. The Bertz CT molecular complexity index is 978. The van der Waals surface area contributed by atoms with Crippen LogP contribution in [0.25, 0.3) is 0 Å². The predicted molar refractivity (Wildman–Crippen MR) is 123 cm³/mol. The zero-order valence-corrected chi connectivity index (χ0v) is 20.9. The first-order valence-electron chi connectivity index (χ1n) is 11.7. The Balaban J connectivity index is 1.87. The highest BCUT2D eigenvalue weighted by molar-refractivity contribution is 6.29. The first-order chi connectivity index (χ1) is 15.3. The second-order valence-corrected chi connectivity index (χ2v) is 11.5. The number of alkyl halides is 2. The second-order valence-electron chi connectivity index (χ2n) is 10.6. The third kappa shape index (κ3) is 2.89. The maximum absolute atomic E-state index is 14.9. The number of ether oxygens (including phenoxy) is 1. The fourth-order valence-corrected chi connectivity index (χ4v) is 8.54. The van der Waals surface area contributed by atoms with Crippen LogP contribution < -0.4 is 0 Å². The van der Waals surface area contributed by atoms with Crippen LogP contribution >= 0.6 is 23.2 Å². The standard InChI is InChI=1S/C25H31Cl2FO5/c1-5-20(32)33-25(19(31)12-26)13(2)10-16-14-6-7-15-21(28)17(29)8-9-22(15,3)24(14,27)18(30)11-23(16,25)4/h8-9,13-14,16,18,30H,5-7,10-12H2,1-4H3/t13?,14-,16-,18?,22-,23-,24-,25-/m0/s1. The molecule has 0 aromatic rings. The van der Waals surface area contributed by atoms with Crippen LogP contribution in [0.15, 0.2) is 23.6 Å². The molecule has 0 spiro atoms. The summed E-state index contributed by atoms with van der Waals surface area (Å²) < 4.78 is 20.9. The molecule has 0 aliphatic heterocycles. The zero-order valence-electron chi connectivity index (χ0n) is 19.4. The Morgan fingerprint density at radius 1 is 1.30 bits per heavy atom. The van der Waals surface area contributed by atoms with Gasteiger partial charge in [-0.25, -0.2) is 4.39 Å². The number of Topliss-reactive ketones (excluding diaryl/α,β-unsaturated/α-hetero) is 1. The first kappa shape index (κ1) is 24.9. The lowest BCUT2D eigenvalue weighted by Gasteiger charge is -2.64. The summed E-state index contributed by atoms with van der Waals surface area (Å²) in [6, 6.07) is 0. The summed E-state index contributed by atoms with van der Waals surface area (Å²) in [6.07, 6.45) is 3.25. The molecule has 182 valence electrons. The van der Waals surface area contributed by atoms with Gasteiger partial charge in [-0.2, -0.15) is 0 Å². The number of hydrogen-bond acceptors (Lipinski definition) is 5. The number of halogens is 3. The highest BCUT2D eigenvalue weighted by atomic mass is 35.5. The minimum atomic E-state index is -1.47. The van der Waals surface area contributed by atoms with Crippen molar-refractivity contribution in [3.05, 3.63) is 23.6 Å². The Hall–Kier alpha value is -1.24. The number of allylic oxidation sites excluding steroid dienone is 4. The van der Waals surface area contributed by atoms with Gasteiger partial charge in [0.15, 0.2) is 17.2 Å². The van der Waals surface area contributed by atoms with Crippen molar-refractivity contribution in [3.8, 4) is 0 Å². The molecule has 8 atom stereocenters. The van der Waals surface area contributed by atoms with Gasteiger partial charge in [0.2, 0.25) is 5.78 Å². The van der Waals surface area contributed by atoms with Crippen LogP contribution in [-0.2, 0) is 19.1 Å². The maximum Gasteiger partial charge on any atom is 0.306 e. The zero-order chi connectivity index (χ0) is 24.6. The van der Waals surface area contributed by atoms with E-state index < -0.39 is 45.0 Å². The van der Waals surface area contributed by atoms with Crippen LogP contribution in [0.1, 0.15) is 59.8 Å². The molecule has 2 unspecified atom stereocenters. The minimum absolute atomic E-state index is 0.0912. The lowest BCUT2D eigenvalue weighted by Crippen LogP contribution is -2.69. The van der Waals surface area contributed by atoms with Gasteiger partial charge >= 0.3 is 5.97 Å². The van der Waals surface area contributed by atoms with E-state index in [-0.39, 0.29) is 42.3 Å². The molecule has 0 bridgehead atoms. The van der Waals surface area contributed by atoms with E-state index in [1.807, 2.05) is 13.8 Å². The van der Waals surface area contributed by atoms with E-state index in [0.29, 0.717) is 24.8 Å². The molecule has 33 heavy (non-hydrogen) atoms. The minimum Gasteiger partial charge on any atom is -0.450 e. The third-order valence-corrected chi connectivity index (χ3v) is 10.5. The number of ketones is 2. The fourth-order valence-electron chi connectivity index (χ4n) is 7.83. The van der Waals surface area contributed by atoms with Gasteiger partial charge in [0, 0.05) is 23.2 Å². The summed E-state index contributed by atoms with van der Waals surface area (Å²) in [4.78, 5) is 36.6. The predicted octanol–water partition coefficient (Wildman–Crippen LogP) is 4.67. The SMILES string of the molecule is CCC(=O)O[C@]1(C(=O)CCl)C(C)C[C@H]2[C@@H]3CCC4=C(F)C(=O)C=C[C@]4(C)[C@@]3(Cl)C(O)C[C@@]21C. The van der Waals surface area contributed by atoms with Crippen molar-refractivity contribution in [2.75, 3.05) is 5.88 Å². The fraction of sp³-hybridized carbons (Fsp3) is 0.720. The van der Waals surface area contributed by atoms with E-state index in [1.165, 1.54) is 6.08 Å². The summed E-state index contributed by atoms with van der Waals surface area (Å²) in [5.74, 6) is -3.42. The van der Waals surface area contributed by atoms with Crippen molar-refractivity contribution >= 4 is 40.7 Å². The Morgan fingerprint density at radius 3 is 2.58 bits per heavy atom. The molecule has 1 N–H and O–H groups in total. The summed E-state index contributed by atoms with van der Waals surface area (Å²) in [5.41, 5.74) is -3.08. The van der Waals surface area contributed by atoms with Crippen LogP contribution in [-0.4, -0.2) is 45.1 Å². The molecular weight excluding hydrogens is 470 g/mol. The van der Waals surface area contributed by atoms with E-state index in [9.17, 15) is 23.9 Å². The maximum atomic E-state index is 14.9. The summed E-state index contributed by atoms with van der Waals surface area (Å²) >= 11 is 13.4. The van der Waals surface area contributed by atoms with Gasteiger partial charge in [0.1, 0.15) is 0 Å². The number of aliphatic hydroxyl groups excluding tert-OH is 1. The molecule has 0 aromatic carbocycles. The molecular formula is C25H31Cl2FO5. The van der Waals surface area contributed by atoms with E-state index in [4.69, 9.17) is 27.9 Å². The van der Waals surface area contributed by atoms with Gasteiger partial charge in [0.05, 0.1) is 16.9 Å². The summed E-state index contributed by atoms with van der Waals surface area (Å²) in [7, 11) is 0. The van der Waals surface area contributed by atoms with Gasteiger partial charge in [-0.3, -0.25) is 14.4 Å². The lowest BCUT2D eigenvalue weighted by molar-refractivity contribution is -0.200. The Morgan fingerprint density at radius 2 is 1.97 bits per heavy atom. The molecule has 4 aliphatic rings. The first-order valence-corrected chi connectivity index (χ1v) is 12.6. The van der Waals surface area contributed by atoms with E-state index in [1.54, 1.807) is 19.9 Å². The van der Waals surface area contributed by atoms with Crippen molar-refractivity contribution < 1.29 is 28.6 Å². The molecule has 0 amide bonds. The summed E-state index contributed by atoms with van der Waals surface area (Å²) in [6.45, 7) is 7.22. The van der Waals surface area contributed by atoms with E-state index >= 15 is 0 Å². The average molecular weight is 501 g/mol. The molecule has 8 heteroatoms. The van der Waals surface area contributed by atoms with Crippen molar-refractivity contribution in [1.29, 1.82) is 0 Å². The van der Waals surface area contributed by atoms with Gasteiger partial charge in [0.25, 0.3) is 0 Å². The Labute approximate surface area is 203 Å². The molecule has 4 rings (SSSR count). The normalized spacial score (nSPS) is 46.5. The van der Waals surface area contributed by atoms with Crippen LogP contribution in [0, 0.1) is 28.6 Å². The number of carbonyl (C=O) groups excluding carboxylic acids is 3. The highest BCUT2D eigenvalue weighted by Crippen LogP contribution is 2.72. The molecule has 0 radical (unpaired) electrons. The van der Waals surface area contributed by atoms with Crippen molar-refractivity contribution in [2.45, 2.75) is 76.4 Å². The monoisotopic (exact) mass is 500 g/mol. The van der Waals surface area contributed by atoms with Crippen LogP contribution in [0.3, 0.4) is 0 Å². The lowest BCUT2D eigenvalue weighted by atomic mass is 9.45. The topological polar surface area (TPSA) is 80.7 Å². The Kier molecular flexibility index (Phi) is 5.95. The van der Waals surface area contributed by atoms with Crippen molar-refractivity contribution in [2.24, 2.45) is 28.6 Å². The largest absolute Gasteiger partial charge is 0.450 e. The van der Waals surface area contributed by atoms with Crippen LogP contribution in [0.5, 0.6) is 0 Å². The van der Waals surface area contributed by atoms with Gasteiger partial charge in [-0.15, -0.1) is 23.2 Å². The average Bonchev–Trinajstić information content (AvgIpc) is 2.99. The van der Waals surface area contributed by atoms with Crippen molar-refractivity contribution in [3.63, 3.8) is 0 Å². The highest BCUT2D eigenvalue weighted by Gasteiger charge is 2.76. The number of hydrogen-bond donors (Lipinski definition) is 1. The van der Waals surface area contributed by atoms with Gasteiger partial charge in [-0.05, 0) is 49.2 Å². The molecule has 4 aliphatic carbocycles. The van der Waals surface area contributed by atoms with Crippen LogP contribution in [0.2, 0.25) is 0 Å². The molecule has 3 saturated carbocycles. The van der Waals surface area contributed by atoms with E-state index in [2.05, 4.69) is 0 Å². The molecule has 3 fully saturated rings. The molecule has 5 nitrogen and oxygen atoms in total. The number of rotatable bonds is 4. The molecule has 0 saturated heterocycles.